The number of nitrogens with two attached hydrogens (primary N) is 1. The van der Waals surface area contributed by atoms with Crippen LogP contribution in [0.15, 0.2) is 35.5 Å². The fourth-order valence-corrected chi connectivity index (χ4v) is 2.75. The summed E-state index contributed by atoms with van der Waals surface area (Å²) in [6.07, 6.45) is 0. The molecule has 0 radical (unpaired) electrons. The van der Waals surface area contributed by atoms with Gasteiger partial charge in [-0.05, 0) is 19.4 Å². The van der Waals surface area contributed by atoms with E-state index in [1.807, 2.05) is 48.7 Å². The molecule has 0 spiro atoms. The van der Waals surface area contributed by atoms with Crippen molar-refractivity contribution < 1.29 is 4.79 Å². The van der Waals surface area contributed by atoms with Gasteiger partial charge in [0.1, 0.15) is 0 Å². The van der Waals surface area contributed by atoms with Gasteiger partial charge in [-0.2, -0.15) is 0 Å². The van der Waals surface area contributed by atoms with Crippen LogP contribution in [0.5, 0.6) is 0 Å². The average Bonchev–Trinajstić information content (AvgIpc) is 2.85. The molecule has 6 nitrogen and oxygen atoms in total. The summed E-state index contributed by atoms with van der Waals surface area (Å²) in [5.41, 5.74) is 6.83. The molecule has 1 heterocycles. The van der Waals surface area contributed by atoms with Gasteiger partial charge in [-0.1, -0.05) is 42.1 Å². The molecule has 0 saturated heterocycles. The molecule has 1 amide bonds. The maximum absolute atomic E-state index is 11.9. The summed E-state index contributed by atoms with van der Waals surface area (Å²) < 4.78 is 1.81. The molecule has 0 fully saturated rings. The van der Waals surface area contributed by atoms with Crippen LogP contribution in [-0.2, 0) is 11.3 Å². The summed E-state index contributed by atoms with van der Waals surface area (Å²) in [5.74, 6) is 0.621. The largest absolute Gasteiger partial charge is 0.368 e. The van der Waals surface area contributed by atoms with Gasteiger partial charge in [0.2, 0.25) is 11.9 Å². The number of nitrogens with zero attached hydrogens (tertiary/aromatic N) is 3. The number of aromatic nitrogens is 3. The van der Waals surface area contributed by atoms with E-state index in [0.717, 1.165) is 5.56 Å². The molecule has 0 atom stereocenters. The van der Waals surface area contributed by atoms with E-state index >= 15 is 0 Å². The smallest absolute Gasteiger partial charge is 0.230 e. The van der Waals surface area contributed by atoms with Crippen LogP contribution in [0.4, 0.5) is 5.95 Å². The van der Waals surface area contributed by atoms with E-state index < -0.39 is 0 Å². The van der Waals surface area contributed by atoms with E-state index in [0.29, 0.717) is 17.6 Å². The lowest BCUT2D eigenvalue weighted by Gasteiger charge is -2.11. The second-order valence-electron chi connectivity index (χ2n) is 4.86. The normalized spacial score (nSPS) is 10.8. The predicted octanol–water partition coefficient (Wildman–Crippen LogP) is 1.85. The van der Waals surface area contributed by atoms with Crippen LogP contribution in [0.1, 0.15) is 25.5 Å². The number of hydrogen-bond acceptors (Lipinski definition) is 5. The van der Waals surface area contributed by atoms with Crippen molar-refractivity contribution in [1.82, 2.24) is 20.1 Å². The molecule has 2 aromatic rings. The molecular weight excluding hydrogens is 286 g/mol. The fraction of sp³-hybridized carbons (Fsp3) is 0.357. The molecule has 0 bridgehead atoms. The second kappa shape index (κ2) is 7.12. The van der Waals surface area contributed by atoms with Gasteiger partial charge in [0.05, 0.1) is 5.75 Å². The van der Waals surface area contributed by atoms with E-state index in [9.17, 15) is 4.79 Å². The first-order valence-electron chi connectivity index (χ1n) is 6.71. The molecule has 0 aliphatic rings. The number of carbonyl (C=O) groups is 1. The zero-order chi connectivity index (χ0) is 15.2. The Hall–Kier alpha value is -2.02. The minimum atomic E-state index is -0.0410. The van der Waals surface area contributed by atoms with Crippen LogP contribution in [0.2, 0.25) is 0 Å². The van der Waals surface area contributed by atoms with Gasteiger partial charge >= 0.3 is 0 Å². The van der Waals surface area contributed by atoms with Gasteiger partial charge in [-0.25, -0.2) is 0 Å². The lowest BCUT2D eigenvalue weighted by molar-refractivity contribution is -0.118. The maximum Gasteiger partial charge on any atom is 0.230 e. The minimum Gasteiger partial charge on any atom is -0.368 e. The summed E-state index contributed by atoms with van der Waals surface area (Å²) in [4.78, 5) is 11.9. The predicted molar refractivity (Wildman–Crippen MR) is 83.8 cm³/mol. The highest BCUT2D eigenvalue weighted by atomic mass is 32.2. The van der Waals surface area contributed by atoms with Crippen molar-refractivity contribution in [2.45, 2.75) is 31.6 Å². The first kappa shape index (κ1) is 15.4. The zero-order valence-electron chi connectivity index (χ0n) is 12.1. The molecule has 1 aromatic heterocycles. The van der Waals surface area contributed by atoms with E-state index in [-0.39, 0.29) is 17.7 Å². The second-order valence-corrected chi connectivity index (χ2v) is 5.80. The van der Waals surface area contributed by atoms with Crippen molar-refractivity contribution in [3.63, 3.8) is 0 Å². The SMILES string of the molecule is CC(C)n1c(N)nnc1SCC(=O)NCc1ccccc1. The molecule has 21 heavy (non-hydrogen) atoms. The Bertz CT molecular complexity index is 597. The van der Waals surface area contributed by atoms with Crippen molar-refractivity contribution >= 4 is 23.6 Å². The Kier molecular flexibility index (Phi) is 5.21. The number of hydrogen-bond donors (Lipinski definition) is 2. The summed E-state index contributed by atoms with van der Waals surface area (Å²) in [7, 11) is 0. The Balaban J connectivity index is 1.84. The number of anilines is 1. The lowest BCUT2D eigenvalue weighted by atomic mass is 10.2. The summed E-state index contributed by atoms with van der Waals surface area (Å²) in [6, 6.07) is 9.96. The molecule has 2 rings (SSSR count). The van der Waals surface area contributed by atoms with Gasteiger partial charge in [-0.15, -0.1) is 10.2 Å². The van der Waals surface area contributed by atoms with Crippen LogP contribution >= 0.6 is 11.8 Å². The van der Waals surface area contributed by atoms with Crippen molar-refractivity contribution in [3.8, 4) is 0 Å². The highest BCUT2D eigenvalue weighted by Gasteiger charge is 2.14. The molecule has 7 heteroatoms. The number of amides is 1. The molecule has 0 saturated carbocycles. The van der Waals surface area contributed by atoms with Crippen LogP contribution in [0.25, 0.3) is 0 Å². The number of benzene rings is 1. The molecule has 0 aliphatic heterocycles. The minimum absolute atomic E-state index is 0.0410. The molecule has 112 valence electrons. The number of thioether (sulfide) groups is 1. The number of carbonyl (C=O) groups excluding carboxylic acids is 1. The number of rotatable bonds is 6. The zero-order valence-corrected chi connectivity index (χ0v) is 12.9. The first-order chi connectivity index (χ1) is 10.1. The van der Waals surface area contributed by atoms with Crippen molar-refractivity contribution in [2.75, 3.05) is 11.5 Å². The highest BCUT2D eigenvalue weighted by molar-refractivity contribution is 7.99. The molecule has 3 N–H and O–H groups in total. The topological polar surface area (TPSA) is 85.8 Å². The molecular formula is C14H19N5OS. The third-order valence-electron chi connectivity index (χ3n) is 2.87. The standard InChI is InChI=1S/C14H19N5OS/c1-10(2)19-13(15)17-18-14(19)21-9-12(20)16-8-11-6-4-3-5-7-11/h3-7,10H,8-9H2,1-2H3,(H2,15,17)(H,16,20). The molecule has 1 aromatic carbocycles. The van der Waals surface area contributed by atoms with E-state index in [1.54, 1.807) is 0 Å². The van der Waals surface area contributed by atoms with Gasteiger partial charge in [-0.3, -0.25) is 9.36 Å². The summed E-state index contributed by atoms with van der Waals surface area (Å²) in [6.45, 7) is 4.53. The van der Waals surface area contributed by atoms with Crippen LogP contribution in [0.3, 0.4) is 0 Å². The van der Waals surface area contributed by atoms with Crippen molar-refractivity contribution in [2.24, 2.45) is 0 Å². The van der Waals surface area contributed by atoms with Crippen LogP contribution in [0, 0.1) is 0 Å². The Labute approximate surface area is 128 Å². The highest BCUT2D eigenvalue weighted by Crippen LogP contribution is 2.22. The molecule has 0 unspecified atom stereocenters. The quantitative estimate of drug-likeness (QED) is 0.795. The van der Waals surface area contributed by atoms with E-state index in [4.69, 9.17) is 5.73 Å². The Morgan fingerprint density at radius 2 is 2.05 bits per heavy atom. The van der Waals surface area contributed by atoms with Gasteiger partial charge in [0.25, 0.3) is 0 Å². The molecule has 0 aliphatic carbocycles. The monoisotopic (exact) mass is 305 g/mol. The van der Waals surface area contributed by atoms with Crippen molar-refractivity contribution in [1.29, 1.82) is 0 Å². The number of nitrogens with one attached hydrogen (secondary N) is 1. The number of nitrogen functional groups attached to an aromatic ring is 1. The van der Waals surface area contributed by atoms with Crippen LogP contribution in [-0.4, -0.2) is 26.4 Å². The van der Waals surface area contributed by atoms with E-state index in [2.05, 4.69) is 15.5 Å². The third kappa shape index (κ3) is 4.22. The van der Waals surface area contributed by atoms with Gasteiger partial charge in [0, 0.05) is 12.6 Å². The Morgan fingerprint density at radius 1 is 1.33 bits per heavy atom. The summed E-state index contributed by atoms with van der Waals surface area (Å²) >= 11 is 1.34. The third-order valence-corrected chi connectivity index (χ3v) is 3.82. The van der Waals surface area contributed by atoms with Gasteiger partial charge < -0.3 is 11.1 Å². The maximum atomic E-state index is 11.9. The Morgan fingerprint density at radius 3 is 2.71 bits per heavy atom. The van der Waals surface area contributed by atoms with Crippen LogP contribution < -0.4 is 11.1 Å². The lowest BCUT2D eigenvalue weighted by Crippen LogP contribution is -2.24. The van der Waals surface area contributed by atoms with E-state index in [1.165, 1.54) is 11.8 Å². The fourth-order valence-electron chi connectivity index (χ4n) is 1.85. The van der Waals surface area contributed by atoms with Crippen molar-refractivity contribution in [3.05, 3.63) is 35.9 Å². The average molecular weight is 305 g/mol. The summed E-state index contributed by atoms with van der Waals surface area (Å²) in [5, 5.41) is 11.4. The first-order valence-corrected chi connectivity index (χ1v) is 7.70. The van der Waals surface area contributed by atoms with Gasteiger partial charge in [0.15, 0.2) is 5.16 Å².